The number of rotatable bonds is 5. The first-order chi connectivity index (χ1) is 8.20. The van der Waals surface area contributed by atoms with E-state index in [1.54, 1.807) is 4.90 Å². The number of carbonyl (C=O) groups excluding carboxylic acids is 1. The molecule has 0 saturated heterocycles. The number of nitrogens with zero attached hydrogens (tertiary/aromatic N) is 2. The average Bonchev–Trinajstić information content (AvgIpc) is 2.39. The highest BCUT2D eigenvalue weighted by Gasteiger charge is 2.22. The maximum absolute atomic E-state index is 12.1. The fourth-order valence-corrected chi connectivity index (χ4v) is 1.82. The van der Waals surface area contributed by atoms with Crippen LogP contribution >= 0.6 is 11.6 Å². The van der Waals surface area contributed by atoms with Gasteiger partial charge >= 0.3 is 0 Å². The van der Waals surface area contributed by atoms with Crippen LogP contribution in [-0.2, 0) is 4.79 Å². The predicted molar refractivity (Wildman–Crippen MR) is 67.5 cm³/mol. The molecule has 0 bridgehead atoms. The van der Waals surface area contributed by atoms with E-state index in [0.717, 1.165) is 5.56 Å². The summed E-state index contributed by atoms with van der Waals surface area (Å²) in [6.45, 7) is 2.88. The fourth-order valence-electron chi connectivity index (χ4n) is 1.53. The van der Waals surface area contributed by atoms with Crippen molar-refractivity contribution in [2.75, 3.05) is 13.1 Å². The summed E-state index contributed by atoms with van der Waals surface area (Å²) < 4.78 is 0. The maximum Gasteiger partial charge on any atom is 0.245 e. The molecule has 0 saturated carbocycles. The zero-order valence-corrected chi connectivity index (χ0v) is 10.5. The molecule has 0 radical (unpaired) electrons. The van der Waals surface area contributed by atoms with Crippen LogP contribution in [0.5, 0.6) is 0 Å². The summed E-state index contributed by atoms with van der Waals surface area (Å²) in [5.41, 5.74) is 0.787. The minimum atomic E-state index is -0.671. The number of nitriles is 1. The average molecular weight is 251 g/mol. The van der Waals surface area contributed by atoms with E-state index in [-0.39, 0.29) is 5.91 Å². The molecule has 0 aliphatic carbocycles. The molecule has 17 heavy (non-hydrogen) atoms. The molecule has 0 aliphatic heterocycles. The van der Waals surface area contributed by atoms with Gasteiger partial charge in [0.1, 0.15) is 5.38 Å². The summed E-state index contributed by atoms with van der Waals surface area (Å²) in [7, 11) is 0. The van der Waals surface area contributed by atoms with Gasteiger partial charge in [0.05, 0.1) is 12.5 Å². The molecule has 0 heterocycles. The Morgan fingerprint density at radius 3 is 2.65 bits per heavy atom. The largest absolute Gasteiger partial charge is 0.340 e. The number of alkyl halides is 1. The summed E-state index contributed by atoms with van der Waals surface area (Å²) in [6.07, 6.45) is 0.331. The van der Waals surface area contributed by atoms with Gasteiger partial charge in [-0.2, -0.15) is 5.26 Å². The van der Waals surface area contributed by atoms with Crippen molar-refractivity contribution in [1.29, 1.82) is 5.26 Å². The molecule has 0 spiro atoms. The number of benzene rings is 1. The molecule has 1 aromatic rings. The lowest BCUT2D eigenvalue weighted by atomic mass is 10.1. The minimum Gasteiger partial charge on any atom is -0.340 e. The summed E-state index contributed by atoms with van der Waals surface area (Å²) >= 11 is 6.14. The highest BCUT2D eigenvalue weighted by Crippen LogP contribution is 2.22. The van der Waals surface area contributed by atoms with E-state index in [0.29, 0.717) is 19.5 Å². The van der Waals surface area contributed by atoms with Gasteiger partial charge in [0.2, 0.25) is 5.91 Å². The number of amides is 1. The first kappa shape index (κ1) is 13.5. The van der Waals surface area contributed by atoms with E-state index in [4.69, 9.17) is 16.9 Å². The third-order valence-corrected chi connectivity index (χ3v) is 2.93. The maximum atomic E-state index is 12.1. The van der Waals surface area contributed by atoms with Gasteiger partial charge in [0.15, 0.2) is 0 Å². The smallest absolute Gasteiger partial charge is 0.245 e. The van der Waals surface area contributed by atoms with Crippen molar-refractivity contribution < 1.29 is 4.79 Å². The molecule has 0 aromatic heterocycles. The third-order valence-electron chi connectivity index (χ3n) is 2.50. The van der Waals surface area contributed by atoms with Gasteiger partial charge in [-0.05, 0) is 12.5 Å². The van der Waals surface area contributed by atoms with Crippen molar-refractivity contribution >= 4 is 17.5 Å². The van der Waals surface area contributed by atoms with Gasteiger partial charge in [-0.25, -0.2) is 0 Å². The Balaban J connectivity index is 2.71. The van der Waals surface area contributed by atoms with E-state index in [1.807, 2.05) is 43.3 Å². The molecule has 1 aromatic carbocycles. The number of likely N-dealkylation sites (N-methyl/N-ethyl adjacent to an activating group) is 1. The van der Waals surface area contributed by atoms with Gasteiger partial charge in [-0.15, -0.1) is 11.6 Å². The second-order valence-corrected chi connectivity index (χ2v) is 4.04. The SMILES string of the molecule is CCN(CCC#N)C(=O)C(Cl)c1ccccc1. The Labute approximate surface area is 107 Å². The molecular weight excluding hydrogens is 236 g/mol. The molecular formula is C13H15ClN2O. The highest BCUT2D eigenvalue weighted by molar-refractivity contribution is 6.30. The first-order valence-electron chi connectivity index (χ1n) is 5.55. The Kier molecular flexibility index (Phi) is 5.51. The van der Waals surface area contributed by atoms with E-state index >= 15 is 0 Å². The molecule has 1 rings (SSSR count). The van der Waals surface area contributed by atoms with E-state index < -0.39 is 5.38 Å². The van der Waals surface area contributed by atoms with E-state index in [9.17, 15) is 4.79 Å². The Morgan fingerprint density at radius 2 is 2.12 bits per heavy atom. The Bertz CT molecular complexity index is 400. The summed E-state index contributed by atoms with van der Waals surface area (Å²) in [4.78, 5) is 13.7. The van der Waals surface area contributed by atoms with Crippen LogP contribution in [0.3, 0.4) is 0 Å². The van der Waals surface area contributed by atoms with Crippen LogP contribution < -0.4 is 0 Å². The molecule has 3 nitrogen and oxygen atoms in total. The van der Waals surface area contributed by atoms with Gasteiger partial charge < -0.3 is 4.90 Å². The minimum absolute atomic E-state index is 0.143. The molecule has 1 amide bonds. The predicted octanol–water partition coefficient (Wildman–Crippen LogP) is 2.73. The quantitative estimate of drug-likeness (QED) is 0.755. The number of hydrogen-bond donors (Lipinski definition) is 0. The lowest BCUT2D eigenvalue weighted by molar-refractivity contribution is -0.130. The Hall–Kier alpha value is -1.53. The van der Waals surface area contributed by atoms with Crippen molar-refractivity contribution in [3.63, 3.8) is 0 Å². The van der Waals surface area contributed by atoms with Crippen LogP contribution in [0.4, 0.5) is 0 Å². The molecule has 90 valence electrons. The second kappa shape index (κ2) is 6.93. The van der Waals surface area contributed by atoms with Crippen LogP contribution in [0.1, 0.15) is 24.3 Å². The summed E-state index contributed by atoms with van der Waals surface area (Å²) in [5.74, 6) is -0.143. The van der Waals surface area contributed by atoms with Gasteiger partial charge in [-0.1, -0.05) is 30.3 Å². The van der Waals surface area contributed by atoms with Crippen molar-refractivity contribution in [1.82, 2.24) is 4.90 Å². The van der Waals surface area contributed by atoms with Crippen molar-refractivity contribution in [2.45, 2.75) is 18.7 Å². The fraction of sp³-hybridized carbons (Fsp3) is 0.385. The molecule has 0 aliphatic rings. The van der Waals surface area contributed by atoms with Gasteiger partial charge in [0.25, 0.3) is 0 Å². The lowest BCUT2D eigenvalue weighted by Gasteiger charge is -2.22. The van der Waals surface area contributed by atoms with Gasteiger partial charge in [-0.3, -0.25) is 4.79 Å². The Morgan fingerprint density at radius 1 is 1.47 bits per heavy atom. The number of halogens is 1. The van der Waals surface area contributed by atoms with E-state index in [2.05, 4.69) is 0 Å². The normalized spacial score (nSPS) is 11.6. The number of hydrogen-bond acceptors (Lipinski definition) is 2. The summed E-state index contributed by atoms with van der Waals surface area (Å²) in [6, 6.07) is 11.3. The van der Waals surface area contributed by atoms with Crippen LogP contribution in [0.15, 0.2) is 30.3 Å². The van der Waals surface area contributed by atoms with Crippen LogP contribution in [0.25, 0.3) is 0 Å². The van der Waals surface area contributed by atoms with Gasteiger partial charge in [0, 0.05) is 13.1 Å². The highest BCUT2D eigenvalue weighted by atomic mass is 35.5. The van der Waals surface area contributed by atoms with Crippen LogP contribution in [0.2, 0.25) is 0 Å². The molecule has 0 fully saturated rings. The molecule has 4 heteroatoms. The molecule has 1 unspecified atom stereocenters. The molecule has 1 atom stereocenters. The van der Waals surface area contributed by atoms with Crippen molar-refractivity contribution in [3.8, 4) is 6.07 Å². The first-order valence-corrected chi connectivity index (χ1v) is 5.99. The monoisotopic (exact) mass is 250 g/mol. The second-order valence-electron chi connectivity index (χ2n) is 3.60. The zero-order chi connectivity index (χ0) is 12.7. The van der Waals surface area contributed by atoms with Crippen LogP contribution in [0, 0.1) is 11.3 Å². The third kappa shape index (κ3) is 3.76. The zero-order valence-electron chi connectivity index (χ0n) is 9.77. The van der Waals surface area contributed by atoms with Crippen molar-refractivity contribution in [3.05, 3.63) is 35.9 Å². The van der Waals surface area contributed by atoms with Crippen LogP contribution in [-0.4, -0.2) is 23.9 Å². The summed E-state index contributed by atoms with van der Waals surface area (Å²) in [5, 5.41) is 7.86. The van der Waals surface area contributed by atoms with E-state index in [1.165, 1.54) is 0 Å². The lowest BCUT2D eigenvalue weighted by Crippen LogP contribution is -2.34. The standard InChI is InChI=1S/C13H15ClN2O/c1-2-16(10-6-9-15)13(17)12(14)11-7-4-3-5-8-11/h3-5,7-8,12H,2,6,10H2,1H3. The van der Waals surface area contributed by atoms with Crippen molar-refractivity contribution in [2.24, 2.45) is 0 Å². The molecule has 0 N–H and O–H groups in total. The topological polar surface area (TPSA) is 44.1 Å². The number of carbonyl (C=O) groups is 1.